The van der Waals surface area contributed by atoms with Crippen molar-refractivity contribution in [1.82, 2.24) is 39.4 Å². The Kier molecular flexibility index (Phi) is 10.5. The molecule has 0 radical (unpaired) electrons. The zero-order chi connectivity index (χ0) is 35.5. The van der Waals surface area contributed by atoms with Crippen LogP contribution in [0.3, 0.4) is 0 Å². The fourth-order valence-electron chi connectivity index (χ4n) is 5.68. The summed E-state index contributed by atoms with van der Waals surface area (Å²) >= 11 is 0. The number of hydrogen-bond acceptors (Lipinski definition) is 11. The summed E-state index contributed by atoms with van der Waals surface area (Å²) in [7, 11) is 0. The highest BCUT2D eigenvalue weighted by Crippen LogP contribution is 2.31. The van der Waals surface area contributed by atoms with Crippen LogP contribution >= 0.6 is 0 Å². The highest BCUT2D eigenvalue weighted by atomic mass is 16.6. The molecule has 3 N–H and O–H groups in total. The summed E-state index contributed by atoms with van der Waals surface area (Å²) in [6, 6.07) is 18.0. The molecule has 0 unspecified atom stereocenters. The van der Waals surface area contributed by atoms with Crippen molar-refractivity contribution in [1.29, 1.82) is 0 Å². The lowest BCUT2D eigenvalue weighted by atomic mass is 10.0. The van der Waals surface area contributed by atoms with Gasteiger partial charge in [0, 0.05) is 61.5 Å². The number of nitrogens with zero attached hydrogens (tertiary/aromatic N) is 7. The van der Waals surface area contributed by atoms with E-state index in [1.165, 1.54) is 0 Å². The molecule has 2 aliphatic rings. The molecule has 14 heteroatoms. The van der Waals surface area contributed by atoms with Gasteiger partial charge in [-0.1, -0.05) is 31.7 Å². The Balaban J connectivity index is 0.000000181. The molecule has 0 atom stereocenters. The number of ether oxygens (including phenoxy) is 3. The van der Waals surface area contributed by atoms with E-state index < -0.39 is 5.60 Å². The molecule has 0 saturated carbocycles. The molecule has 2 aromatic carbocycles. The van der Waals surface area contributed by atoms with E-state index >= 15 is 0 Å². The lowest BCUT2D eigenvalue weighted by molar-refractivity contribution is -0.00776. The number of likely N-dealkylation sites (tertiary alicyclic amines) is 1. The number of hydrogen-bond donors (Lipinski definition) is 3. The Hall–Kier alpha value is -5.89. The average Bonchev–Trinajstić information content (AvgIpc) is 3.73. The molecule has 0 aliphatic carbocycles. The van der Waals surface area contributed by atoms with Crippen LogP contribution in [0.4, 0.5) is 4.79 Å². The third-order valence-electron chi connectivity index (χ3n) is 8.54. The van der Waals surface area contributed by atoms with Gasteiger partial charge in [0.05, 0.1) is 13.2 Å². The number of rotatable bonds is 8. The predicted octanol–water partition coefficient (Wildman–Crippen LogP) is 5.68. The molecular weight excluding hydrogens is 664 g/mol. The van der Waals surface area contributed by atoms with E-state index in [0.29, 0.717) is 43.6 Å². The summed E-state index contributed by atoms with van der Waals surface area (Å²) in [6.45, 7) is 9.93. The van der Waals surface area contributed by atoms with Crippen LogP contribution in [-0.2, 0) is 4.74 Å². The molecule has 6 aromatic rings. The monoisotopic (exact) mass is 708 g/mol. The predicted molar refractivity (Wildman–Crippen MR) is 196 cm³/mol. The number of aromatic nitrogens is 6. The lowest BCUT2D eigenvalue weighted by Crippen LogP contribution is -2.53. The topological polar surface area (TPSA) is 161 Å². The summed E-state index contributed by atoms with van der Waals surface area (Å²) < 4.78 is 21.0. The Morgan fingerprint density at radius 2 is 1.21 bits per heavy atom. The average molecular weight is 709 g/mol. The van der Waals surface area contributed by atoms with E-state index in [4.69, 9.17) is 14.2 Å². The number of nitrogens with one attached hydrogen (secondary N) is 1. The third-order valence-corrected chi connectivity index (χ3v) is 8.54. The molecule has 0 spiro atoms. The van der Waals surface area contributed by atoms with Crippen molar-refractivity contribution in [3.8, 4) is 45.3 Å². The van der Waals surface area contributed by atoms with Gasteiger partial charge in [-0.05, 0) is 68.3 Å². The van der Waals surface area contributed by atoms with Gasteiger partial charge in [-0.15, -0.1) is 20.4 Å². The van der Waals surface area contributed by atoms with Crippen molar-refractivity contribution in [2.75, 3.05) is 39.4 Å². The smallest absolute Gasteiger partial charge is 0.410 e. The van der Waals surface area contributed by atoms with Crippen LogP contribution in [0.5, 0.6) is 23.0 Å². The summed E-state index contributed by atoms with van der Waals surface area (Å²) in [5, 5.41) is 38.3. The lowest BCUT2D eigenvalue weighted by Gasteiger charge is -2.39. The Morgan fingerprint density at radius 3 is 1.63 bits per heavy atom. The second-order valence-corrected chi connectivity index (χ2v) is 13.8. The van der Waals surface area contributed by atoms with Gasteiger partial charge >= 0.3 is 6.09 Å². The van der Waals surface area contributed by atoms with E-state index in [1.54, 1.807) is 41.8 Å². The molecule has 14 nitrogen and oxygen atoms in total. The molecule has 272 valence electrons. The number of benzene rings is 2. The SMILES string of the molecule is C.CC(C)(C)OC(=O)N1CC(COc2cc(-c3ccc(O)cc3)cn3cnnc23)C1.Oc1ccc(-c2cc(OCC3CNC3)c3nncn3c2)cc1. The molecule has 52 heavy (non-hydrogen) atoms. The third kappa shape index (κ3) is 8.35. The van der Waals surface area contributed by atoms with Gasteiger partial charge in [-0.2, -0.15) is 0 Å². The maximum absolute atomic E-state index is 12.0. The highest BCUT2D eigenvalue weighted by molar-refractivity contribution is 5.71. The number of amides is 1. The van der Waals surface area contributed by atoms with Crippen molar-refractivity contribution in [2.24, 2.45) is 11.8 Å². The van der Waals surface area contributed by atoms with E-state index in [2.05, 4.69) is 25.7 Å². The normalized spacial score (nSPS) is 14.5. The Bertz CT molecular complexity index is 2110. The molecule has 2 aliphatic heterocycles. The number of phenolic OH excluding ortho intramolecular Hbond substituents is 2. The van der Waals surface area contributed by atoms with Crippen molar-refractivity contribution >= 4 is 17.4 Å². The van der Waals surface area contributed by atoms with Crippen LogP contribution < -0.4 is 14.8 Å². The van der Waals surface area contributed by atoms with Crippen LogP contribution in [0.25, 0.3) is 33.5 Å². The van der Waals surface area contributed by atoms with Gasteiger partial charge in [-0.3, -0.25) is 8.80 Å². The summed E-state index contributed by atoms with van der Waals surface area (Å²) in [5.41, 5.74) is 4.73. The van der Waals surface area contributed by atoms with E-state index in [9.17, 15) is 15.0 Å². The van der Waals surface area contributed by atoms with Crippen LogP contribution in [0.15, 0.2) is 85.7 Å². The Morgan fingerprint density at radius 1 is 0.750 bits per heavy atom. The zero-order valence-electron chi connectivity index (χ0n) is 28.6. The van der Waals surface area contributed by atoms with Gasteiger partial charge < -0.3 is 34.6 Å². The molecule has 2 saturated heterocycles. The number of carbonyl (C=O) groups excluding carboxylic acids is 1. The minimum absolute atomic E-state index is 0. The van der Waals surface area contributed by atoms with Crippen molar-refractivity contribution < 1.29 is 29.2 Å². The first-order chi connectivity index (χ1) is 24.6. The van der Waals surface area contributed by atoms with E-state index in [-0.39, 0.29) is 30.9 Å². The number of aromatic hydroxyl groups is 2. The van der Waals surface area contributed by atoms with Gasteiger partial charge in [0.25, 0.3) is 0 Å². The summed E-state index contributed by atoms with van der Waals surface area (Å²) in [6.07, 6.45) is 6.88. The maximum atomic E-state index is 12.0. The molecule has 1 amide bonds. The quantitative estimate of drug-likeness (QED) is 0.178. The second kappa shape index (κ2) is 15.2. The minimum atomic E-state index is -0.493. The number of carbonyl (C=O) groups is 1. The second-order valence-electron chi connectivity index (χ2n) is 13.8. The highest BCUT2D eigenvalue weighted by Gasteiger charge is 2.34. The van der Waals surface area contributed by atoms with Gasteiger partial charge in [0.1, 0.15) is 29.8 Å². The number of fused-ring (bicyclic) bond motifs is 2. The molecule has 6 heterocycles. The fourth-order valence-corrected chi connectivity index (χ4v) is 5.68. The minimum Gasteiger partial charge on any atom is -0.508 e. The number of pyridine rings is 2. The van der Waals surface area contributed by atoms with Gasteiger partial charge in [0.2, 0.25) is 11.3 Å². The van der Waals surface area contributed by atoms with Crippen molar-refractivity contribution in [2.45, 2.75) is 33.8 Å². The first-order valence-electron chi connectivity index (χ1n) is 16.8. The van der Waals surface area contributed by atoms with Gasteiger partial charge in [-0.25, -0.2) is 4.79 Å². The van der Waals surface area contributed by atoms with Crippen LogP contribution in [0.2, 0.25) is 0 Å². The van der Waals surface area contributed by atoms with E-state index in [0.717, 1.165) is 46.7 Å². The molecule has 4 aromatic heterocycles. The molecule has 8 rings (SSSR count). The standard InChI is InChI=1S/C21H24N4O4.C16H16N4O2.CH4/c1-21(2,3)29-20(27)24-9-14(10-24)12-28-18-8-16(11-25-13-22-23-19(18)25)15-4-6-17(26)7-5-15;21-14-3-1-12(2-4-14)13-5-15(22-9-11-6-17-7-11)16-19-18-10-20(16)8-13;/h4-8,11,13-14,26H,9-10,12H2,1-3H3;1-5,8,10-11,17,21H,6-7,9H2;1H4. The first kappa shape index (κ1) is 35.9. The van der Waals surface area contributed by atoms with Crippen molar-refractivity contribution in [3.63, 3.8) is 0 Å². The van der Waals surface area contributed by atoms with Gasteiger partial charge in [0.15, 0.2) is 11.5 Å². The maximum Gasteiger partial charge on any atom is 0.410 e. The van der Waals surface area contributed by atoms with E-state index in [1.807, 2.05) is 78.4 Å². The van der Waals surface area contributed by atoms with Crippen LogP contribution in [0, 0.1) is 11.8 Å². The van der Waals surface area contributed by atoms with Crippen LogP contribution in [0.1, 0.15) is 28.2 Å². The van der Waals surface area contributed by atoms with Crippen LogP contribution in [-0.4, -0.2) is 95.4 Å². The zero-order valence-corrected chi connectivity index (χ0v) is 28.6. The first-order valence-corrected chi connectivity index (χ1v) is 16.8. The van der Waals surface area contributed by atoms with Crippen molar-refractivity contribution in [3.05, 3.63) is 85.7 Å². The Labute approximate surface area is 301 Å². The number of phenols is 2. The largest absolute Gasteiger partial charge is 0.508 e. The molecular formula is C38H44N8O6. The fraction of sp³-hybridized carbons (Fsp3) is 0.342. The molecule has 0 bridgehead atoms. The molecule has 2 fully saturated rings. The summed E-state index contributed by atoms with van der Waals surface area (Å²) in [5.74, 6) is 2.63. The summed E-state index contributed by atoms with van der Waals surface area (Å²) in [4.78, 5) is 13.7.